The lowest BCUT2D eigenvalue weighted by Gasteiger charge is -2.06. The van der Waals surface area contributed by atoms with E-state index in [1.54, 1.807) is 0 Å². The number of nitrogens with one attached hydrogen (secondary N) is 1. The fraction of sp³-hybridized carbons (Fsp3) is 0.538. The van der Waals surface area contributed by atoms with E-state index in [9.17, 15) is 0 Å². The first-order valence-electron chi connectivity index (χ1n) is 5.90. The zero-order valence-corrected chi connectivity index (χ0v) is 11.4. The molecule has 0 radical (unpaired) electrons. The molecule has 16 heavy (non-hydrogen) atoms. The minimum absolute atomic E-state index is 0.791. The first kappa shape index (κ1) is 13.7. The Morgan fingerprint density at radius 3 is 2.56 bits per heavy atom. The van der Waals surface area contributed by atoms with Gasteiger partial charge in [-0.15, -0.1) is 0 Å². The van der Waals surface area contributed by atoms with Crippen LogP contribution in [0.2, 0.25) is 5.02 Å². The smallest absolute Gasteiger partial charge is 0.0407 e. The normalized spacial score (nSPS) is 10.4. The molecule has 1 N–H and O–H groups in total. The topological polar surface area (TPSA) is 12.0 Å². The highest BCUT2D eigenvalue weighted by atomic mass is 35.5. The van der Waals surface area contributed by atoms with Gasteiger partial charge in [0.1, 0.15) is 0 Å². The van der Waals surface area contributed by atoms with Gasteiger partial charge in [-0.1, -0.05) is 31.4 Å². The number of unbranched alkanes of at least 4 members (excludes halogenated alkanes) is 2. The van der Waals surface area contributed by atoms with Crippen molar-refractivity contribution in [3.8, 4) is 0 Å². The van der Waals surface area contributed by atoms with E-state index in [1.807, 2.05) is 36.0 Å². The van der Waals surface area contributed by atoms with Crippen molar-refractivity contribution in [2.45, 2.75) is 26.2 Å². The van der Waals surface area contributed by atoms with Crippen molar-refractivity contribution in [2.75, 3.05) is 23.4 Å². The second-order valence-electron chi connectivity index (χ2n) is 3.75. The molecule has 1 rings (SSSR count). The number of benzene rings is 1. The van der Waals surface area contributed by atoms with E-state index < -0.39 is 0 Å². The summed E-state index contributed by atoms with van der Waals surface area (Å²) in [7, 11) is 0. The molecule has 3 heteroatoms. The molecule has 0 aliphatic heterocycles. The van der Waals surface area contributed by atoms with Crippen LogP contribution in [0.3, 0.4) is 0 Å². The van der Waals surface area contributed by atoms with Crippen LogP contribution in [-0.2, 0) is 0 Å². The molecule has 0 amide bonds. The average Bonchev–Trinajstić information content (AvgIpc) is 2.30. The maximum absolute atomic E-state index is 5.81. The van der Waals surface area contributed by atoms with Gasteiger partial charge in [0.15, 0.2) is 0 Å². The van der Waals surface area contributed by atoms with E-state index in [-0.39, 0.29) is 0 Å². The molecule has 0 aliphatic rings. The van der Waals surface area contributed by atoms with Crippen molar-refractivity contribution in [1.29, 1.82) is 0 Å². The second kappa shape index (κ2) is 8.77. The molecular weight excluding hydrogens is 238 g/mol. The lowest BCUT2D eigenvalue weighted by atomic mass is 10.3. The number of halogens is 1. The summed E-state index contributed by atoms with van der Waals surface area (Å²) in [6.45, 7) is 3.27. The van der Waals surface area contributed by atoms with Crippen molar-refractivity contribution in [1.82, 2.24) is 0 Å². The van der Waals surface area contributed by atoms with Crippen molar-refractivity contribution < 1.29 is 0 Å². The molecule has 90 valence electrons. The van der Waals surface area contributed by atoms with Crippen molar-refractivity contribution in [2.24, 2.45) is 0 Å². The van der Waals surface area contributed by atoms with Crippen LogP contribution in [0, 0.1) is 0 Å². The zero-order chi connectivity index (χ0) is 11.6. The summed E-state index contributed by atoms with van der Waals surface area (Å²) in [5, 5.41) is 4.17. The minimum Gasteiger partial charge on any atom is -0.384 e. The predicted molar refractivity (Wildman–Crippen MR) is 76.8 cm³/mol. The molecule has 0 aromatic heterocycles. The van der Waals surface area contributed by atoms with Gasteiger partial charge in [0.2, 0.25) is 0 Å². The maximum Gasteiger partial charge on any atom is 0.0407 e. The molecule has 1 nitrogen and oxygen atoms in total. The average molecular weight is 258 g/mol. The molecule has 0 atom stereocenters. The van der Waals surface area contributed by atoms with Crippen LogP contribution >= 0.6 is 23.4 Å². The van der Waals surface area contributed by atoms with Crippen molar-refractivity contribution in [3.63, 3.8) is 0 Å². The van der Waals surface area contributed by atoms with Crippen LogP contribution in [0.25, 0.3) is 0 Å². The third kappa shape index (κ3) is 6.29. The van der Waals surface area contributed by atoms with Crippen LogP contribution in [-0.4, -0.2) is 18.1 Å². The van der Waals surface area contributed by atoms with Crippen LogP contribution < -0.4 is 5.32 Å². The second-order valence-corrected chi connectivity index (χ2v) is 5.41. The van der Waals surface area contributed by atoms with Gasteiger partial charge in [-0.25, -0.2) is 0 Å². The summed E-state index contributed by atoms with van der Waals surface area (Å²) >= 11 is 7.84. The van der Waals surface area contributed by atoms with E-state index in [0.29, 0.717) is 0 Å². The molecule has 0 unspecified atom stereocenters. The van der Waals surface area contributed by atoms with E-state index in [0.717, 1.165) is 17.3 Å². The Morgan fingerprint density at radius 1 is 1.12 bits per heavy atom. The van der Waals surface area contributed by atoms with Gasteiger partial charge in [0.05, 0.1) is 0 Å². The molecular formula is C13H20ClNS. The third-order valence-electron chi connectivity index (χ3n) is 2.31. The molecule has 0 heterocycles. The SMILES string of the molecule is CCCCCSCCNc1ccc(Cl)cc1. The Balaban J connectivity index is 2.01. The monoisotopic (exact) mass is 257 g/mol. The highest BCUT2D eigenvalue weighted by Gasteiger charge is 1.92. The molecule has 0 bridgehead atoms. The van der Waals surface area contributed by atoms with Crippen molar-refractivity contribution >= 4 is 29.1 Å². The molecule has 1 aromatic rings. The Morgan fingerprint density at radius 2 is 1.88 bits per heavy atom. The van der Waals surface area contributed by atoms with Crippen LogP contribution in [0.4, 0.5) is 5.69 Å². The van der Waals surface area contributed by atoms with Crippen LogP contribution in [0.15, 0.2) is 24.3 Å². The van der Waals surface area contributed by atoms with Crippen LogP contribution in [0.1, 0.15) is 26.2 Å². The highest BCUT2D eigenvalue weighted by molar-refractivity contribution is 7.99. The number of anilines is 1. The summed E-state index contributed by atoms with van der Waals surface area (Å²) in [5.74, 6) is 2.46. The number of hydrogen-bond acceptors (Lipinski definition) is 2. The molecule has 0 fully saturated rings. The maximum atomic E-state index is 5.81. The van der Waals surface area contributed by atoms with Gasteiger partial charge >= 0.3 is 0 Å². The third-order valence-corrected chi connectivity index (χ3v) is 3.63. The Hall–Kier alpha value is -0.340. The van der Waals surface area contributed by atoms with Gasteiger partial charge in [-0.2, -0.15) is 11.8 Å². The fourth-order valence-electron chi connectivity index (χ4n) is 1.39. The van der Waals surface area contributed by atoms with Gasteiger partial charge in [0.25, 0.3) is 0 Å². The van der Waals surface area contributed by atoms with E-state index in [4.69, 9.17) is 11.6 Å². The van der Waals surface area contributed by atoms with Gasteiger partial charge < -0.3 is 5.32 Å². The molecule has 0 saturated heterocycles. The highest BCUT2D eigenvalue weighted by Crippen LogP contribution is 2.13. The van der Waals surface area contributed by atoms with E-state index in [1.165, 1.54) is 30.8 Å². The van der Waals surface area contributed by atoms with E-state index >= 15 is 0 Å². The van der Waals surface area contributed by atoms with Gasteiger partial charge in [0, 0.05) is 23.0 Å². The van der Waals surface area contributed by atoms with Crippen LogP contribution in [0.5, 0.6) is 0 Å². The first-order valence-corrected chi connectivity index (χ1v) is 7.43. The lowest BCUT2D eigenvalue weighted by Crippen LogP contribution is -2.04. The summed E-state index contributed by atoms with van der Waals surface area (Å²) in [6.07, 6.45) is 4.02. The Labute approximate surface area is 108 Å². The number of thioether (sulfide) groups is 1. The first-order chi connectivity index (χ1) is 7.83. The Bertz CT molecular complexity index is 274. The predicted octanol–water partition coefficient (Wildman–Crippen LogP) is 4.68. The lowest BCUT2D eigenvalue weighted by molar-refractivity contribution is 0.778. The number of rotatable bonds is 8. The summed E-state index contributed by atoms with van der Waals surface area (Å²) in [6, 6.07) is 7.87. The largest absolute Gasteiger partial charge is 0.384 e. The minimum atomic E-state index is 0.791. The standard InChI is InChI=1S/C13H20ClNS/c1-2-3-4-10-16-11-9-15-13-7-5-12(14)6-8-13/h5-8,15H,2-4,9-11H2,1H3. The van der Waals surface area contributed by atoms with E-state index in [2.05, 4.69) is 12.2 Å². The summed E-state index contributed by atoms with van der Waals surface area (Å²) in [5.41, 5.74) is 1.15. The zero-order valence-electron chi connectivity index (χ0n) is 9.84. The number of hydrogen-bond donors (Lipinski definition) is 1. The summed E-state index contributed by atoms with van der Waals surface area (Å²) < 4.78 is 0. The molecule has 1 aromatic carbocycles. The van der Waals surface area contributed by atoms with Gasteiger partial charge in [-0.3, -0.25) is 0 Å². The van der Waals surface area contributed by atoms with Crippen molar-refractivity contribution in [3.05, 3.63) is 29.3 Å². The quantitative estimate of drug-likeness (QED) is 0.679. The molecule has 0 aliphatic carbocycles. The summed E-state index contributed by atoms with van der Waals surface area (Å²) in [4.78, 5) is 0. The molecule has 0 saturated carbocycles. The Kier molecular flexibility index (Phi) is 7.52. The molecule has 0 spiro atoms. The fourth-order valence-corrected chi connectivity index (χ4v) is 2.38. The van der Waals surface area contributed by atoms with Gasteiger partial charge in [-0.05, 0) is 36.4 Å².